The van der Waals surface area contributed by atoms with Gasteiger partial charge in [-0.2, -0.15) is 0 Å². The average Bonchev–Trinajstić information content (AvgIpc) is 3.26. The first-order chi connectivity index (χ1) is 11.3. The van der Waals surface area contributed by atoms with E-state index in [0.29, 0.717) is 18.9 Å². The van der Waals surface area contributed by atoms with Crippen molar-refractivity contribution in [3.05, 3.63) is 48.2 Å². The van der Waals surface area contributed by atoms with Crippen LogP contribution in [0.1, 0.15) is 24.3 Å². The fourth-order valence-electron chi connectivity index (χ4n) is 2.88. The molecule has 0 aliphatic carbocycles. The van der Waals surface area contributed by atoms with E-state index in [1.54, 1.807) is 7.11 Å². The molecule has 2 aromatic rings. The maximum Gasteiger partial charge on any atom is 0.216 e. The van der Waals surface area contributed by atoms with Gasteiger partial charge >= 0.3 is 0 Å². The van der Waals surface area contributed by atoms with Crippen LogP contribution < -0.4 is 14.8 Å². The third-order valence-electron chi connectivity index (χ3n) is 3.96. The number of nitrogens with zero attached hydrogens (tertiary/aromatic N) is 2. The van der Waals surface area contributed by atoms with Crippen LogP contribution in [-0.4, -0.2) is 36.5 Å². The van der Waals surface area contributed by atoms with E-state index < -0.39 is 0 Å². The fourth-order valence-corrected chi connectivity index (χ4v) is 2.88. The van der Waals surface area contributed by atoms with Gasteiger partial charge in [-0.05, 0) is 24.6 Å². The highest BCUT2D eigenvalue weighted by molar-refractivity contribution is 5.45. The molecule has 0 radical (unpaired) electrons. The summed E-state index contributed by atoms with van der Waals surface area (Å²) in [4.78, 5) is 0. The molecule has 0 spiro atoms. The lowest BCUT2D eigenvalue weighted by Crippen LogP contribution is -2.30. The predicted octanol–water partition coefficient (Wildman–Crippen LogP) is 2.33. The van der Waals surface area contributed by atoms with E-state index in [9.17, 15) is 0 Å². The molecule has 6 heteroatoms. The number of benzene rings is 1. The Labute approximate surface area is 135 Å². The summed E-state index contributed by atoms with van der Waals surface area (Å²) in [5.74, 6) is 2.30. The summed E-state index contributed by atoms with van der Waals surface area (Å²) in [6, 6.07) is 6.28. The Kier molecular flexibility index (Phi) is 4.92. The minimum atomic E-state index is 0.180. The summed E-state index contributed by atoms with van der Waals surface area (Å²) in [5, 5.41) is 11.3. The maximum atomic E-state index is 5.70. The number of ether oxygens (including phenoxy) is 2. The molecular weight excluding hydrogens is 294 g/mol. The highest BCUT2D eigenvalue weighted by Crippen LogP contribution is 2.34. The van der Waals surface area contributed by atoms with Gasteiger partial charge < -0.3 is 19.2 Å². The van der Waals surface area contributed by atoms with E-state index in [-0.39, 0.29) is 12.0 Å². The van der Waals surface area contributed by atoms with Gasteiger partial charge in [0, 0.05) is 24.9 Å². The molecule has 122 valence electrons. The van der Waals surface area contributed by atoms with Crippen LogP contribution in [0, 0.1) is 0 Å². The number of aromatic nitrogens is 2. The van der Waals surface area contributed by atoms with Gasteiger partial charge in [0.2, 0.25) is 12.3 Å². The molecule has 2 unspecified atom stereocenters. The Morgan fingerprint density at radius 1 is 1.39 bits per heavy atom. The zero-order valence-corrected chi connectivity index (χ0v) is 13.4. The summed E-state index contributed by atoms with van der Waals surface area (Å²) >= 11 is 0. The van der Waals surface area contributed by atoms with Gasteiger partial charge in [-0.25, -0.2) is 0 Å². The molecule has 1 aliphatic rings. The minimum absolute atomic E-state index is 0.180. The number of rotatable bonds is 7. The van der Waals surface area contributed by atoms with Crippen molar-refractivity contribution in [2.45, 2.75) is 25.3 Å². The summed E-state index contributed by atoms with van der Waals surface area (Å²) in [5.41, 5.74) is 1.15. The first kappa shape index (κ1) is 15.6. The van der Waals surface area contributed by atoms with Crippen LogP contribution in [0.15, 0.2) is 41.2 Å². The van der Waals surface area contributed by atoms with Crippen LogP contribution in [0.5, 0.6) is 11.5 Å². The Bertz CT molecular complexity index is 655. The average molecular weight is 315 g/mol. The SMILES string of the molecule is CCOc1cc(C(Cc2nnco2)C2C=CCN2)ccc1OC. The minimum Gasteiger partial charge on any atom is -0.493 e. The monoisotopic (exact) mass is 315 g/mol. The second-order valence-electron chi connectivity index (χ2n) is 5.35. The summed E-state index contributed by atoms with van der Waals surface area (Å²) in [6.07, 6.45) is 6.36. The molecule has 2 atom stereocenters. The number of methoxy groups -OCH3 is 1. The maximum absolute atomic E-state index is 5.70. The number of nitrogens with one attached hydrogen (secondary N) is 1. The molecule has 1 N–H and O–H groups in total. The van der Waals surface area contributed by atoms with Crippen LogP contribution in [0.25, 0.3) is 0 Å². The summed E-state index contributed by atoms with van der Waals surface area (Å²) < 4.78 is 16.4. The molecule has 3 rings (SSSR count). The predicted molar refractivity (Wildman–Crippen MR) is 85.8 cm³/mol. The van der Waals surface area contributed by atoms with Crippen molar-refractivity contribution in [3.8, 4) is 11.5 Å². The van der Waals surface area contributed by atoms with Crippen LogP contribution >= 0.6 is 0 Å². The number of hydrogen-bond acceptors (Lipinski definition) is 6. The quantitative estimate of drug-likeness (QED) is 0.791. The molecular formula is C17H21N3O3. The zero-order valence-electron chi connectivity index (χ0n) is 13.4. The lowest BCUT2D eigenvalue weighted by atomic mass is 9.88. The largest absolute Gasteiger partial charge is 0.493 e. The van der Waals surface area contributed by atoms with Crippen LogP contribution in [0.2, 0.25) is 0 Å². The standard InChI is InChI=1S/C17H21N3O3/c1-3-22-16-9-12(6-7-15(16)21-2)13(14-5-4-8-18-14)10-17-20-19-11-23-17/h4-7,9,11,13-14,18H,3,8,10H2,1-2H3. The van der Waals surface area contributed by atoms with Crippen molar-refractivity contribution in [2.75, 3.05) is 20.3 Å². The lowest BCUT2D eigenvalue weighted by molar-refractivity contribution is 0.310. The molecule has 0 saturated carbocycles. The number of hydrogen-bond donors (Lipinski definition) is 1. The van der Waals surface area contributed by atoms with Crippen molar-refractivity contribution >= 4 is 0 Å². The molecule has 1 aromatic heterocycles. The normalized spacial score (nSPS) is 18.1. The molecule has 1 aliphatic heterocycles. The van der Waals surface area contributed by atoms with Crippen molar-refractivity contribution < 1.29 is 13.9 Å². The zero-order chi connectivity index (χ0) is 16.1. The molecule has 23 heavy (non-hydrogen) atoms. The first-order valence-corrected chi connectivity index (χ1v) is 7.77. The first-order valence-electron chi connectivity index (χ1n) is 7.77. The lowest BCUT2D eigenvalue weighted by Gasteiger charge is -2.23. The van der Waals surface area contributed by atoms with E-state index in [0.717, 1.165) is 23.6 Å². The van der Waals surface area contributed by atoms with Crippen molar-refractivity contribution in [1.82, 2.24) is 15.5 Å². The van der Waals surface area contributed by atoms with E-state index in [2.05, 4.69) is 33.7 Å². The molecule has 0 saturated heterocycles. The van der Waals surface area contributed by atoms with E-state index in [4.69, 9.17) is 13.9 Å². The molecule has 2 heterocycles. The molecule has 0 bridgehead atoms. The molecule has 6 nitrogen and oxygen atoms in total. The van der Waals surface area contributed by atoms with Gasteiger partial charge in [-0.3, -0.25) is 0 Å². The van der Waals surface area contributed by atoms with Gasteiger partial charge in [0.05, 0.1) is 13.7 Å². The Morgan fingerprint density at radius 3 is 2.96 bits per heavy atom. The van der Waals surface area contributed by atoms with E-state index >= 15 is 0 Å². The molecule has 0 fully saturated rings. The van der Waals surface area contributed by atoms with Crippen molar-refractivity contribution in [3.63, 3.8) is 0 Å². The smallest absolute Gasteiger partial charge is 0.216 e. The van der Waals surface area contributed by atoms with Crippen molar-refractivity contribution in [2.24, 2.45) is 0 Å². The Morgan fingerprint density at radius 2 is 2.30 bits per heavy atom. The topological polar surface area (TPSA) is 69.4 Å². The van der Waals surface area contributed by atoms with Crippen LogP contribution in [-0.2, 0) is 6.42 Å². The van der Waals surface area contributed by atoms with Crippen molar-refractivity contribution in [1.29, 1.82) is 0 Å². The highest BCUT2D eigenvalue weighted by atomic mass is 16.5. The van der Waals surface area contributed by atoms with Gasteiger partial charge in [0.1, 0.15) is 0 Å². The van der Waals surface area contributed by atoms with Gasteiger partial charge in [-0.1, -0.05) is 18.2 Å². The van der Waals surface area contributed by atoms with Crippen LogP contribution in [0.4, 0.5) is 0 Å². The summed E-state index contributed by atoms with van der Waals surface area (Å²) in [7, 11) is 1.65. The summed E-state index contributed by atoms with van der Waals surface area (Å²) in [6.45, 7) is 3.43. The fraction of sp³-hybridized carbons (Fsp3) is 0.412. The Hall–Kier alpha value is -2.34. The molecule has 0 amide bonds. The second kappa shape index (κ2) is 7.28. The third-order valence-corrected chi connectivity index (χ3v) is 3.96. The Balaban J connectivity index is 1.91. The van der Waals surface area contributed by atoms with Gasteiger partial charge in [-0.15, -0.1) is 10.2 Å². The highest BCUT2D eigenvalue weighted by Gasteiger charge is 2.26. The van der Waals surface area contributed by atoms with Gasteiger partial charge in [0.25, 0.3) is 0 Å². The van der Waals surface area contributed by atoms with Gasteiger partial charge in [0.15, 0.2) is 11.5 Å². The third kappa shape index (κ3) is 3.53. The molecule has 1 aromatic carbocycles. The van der Waals surface area contributed by atoms with E-state index in [1.807, 2.05) is 19.1 Å². The van der Waals surface area contributed by atoms with E-state index in [1.165, 1.54) is 6.39 Å². The van der Waals surface area contributed by atoms with Crippen LogP contribution in [0.3, 0.4) is 0 Å². The second-order valence-corrected chi connectivity index (χ2v) is 5.35.